The normalized spacial score (nSPS) is 10.8. The molecule has 0 aliphatic heterocycles. The zero-order chi connectivity index (χ0) is 18.1. The lowest BCUT2D eigenvalue weighted by Gasteiger charge is -2.04. The maximum atomic E-state index is 13.4. The van der Waals surface area contributed by atoms with Crippen LogP contribution in [-0.2, 0) is 0 Å². The van der Waals surface area contributed by atoms with Crippen LogP contribution in [0.3, 0.4) is 0 Å². The number of benzene rings is 2. The third-order valence-electron chi connectivity index (χ3n) is 3.88. The number of fused-ring (bicyclic) bond motifs is 1. The summed E-state index contributed by atoms with van der Waals surface area (Å²) in [5, 5.41) is 2.74. The number of carbonyl (C=O) groups excluding carboxylic acids is 1. The van der Waals surface area contributed by atoms with Gasteiger partial charge in [0.25, 0.3) is 5.91 Å². The number of nitrogens with one attached hydrogen (secondary N) is 3. The Morgan fingerprint density at radius 3 is 2.77 bits per heavy atom. The van der Waals surface area contributed by atoms with Gasteiger partial charge in [-0.25, -0.2) is 9.37 Å². The number of aromatic nitrogens is 3. The summed E-state index contributed by atoms with van der Waals surface area (Å²) in [6.45, 7) is 0. The summed E-state index contributed by atoms with van der Waals surface area (Å²) < 4.78 is 13.4. The van der Waals surface area contributed by atoms with Crippen LogP contribution < -0.4 is 10.9 Å². The molecule has 0 aliphatic carbocycles. The predicted molar refractivity (Wildman–Crippen MR) is 96.5 cm³/mol. The van der Waals surface area contributed by atoms with E-state index in [0.717, 1.165) is 0 Å². The standard InChI is InChI=1S/C19H13FN4O2/c20-13-3-1-2-11(8-13)18-23-15-5-4-14(10-16(15)24-18)22-19(26)12-6-7-21-17(25)9-12/h1-10H,(H,21,25)(H,22,26)(H,23,24). The van der Waals surface area contributed by atoms with E-state index >= 15 is 0 Å². The van der Waals surface area contributed by atoms with Crippen LogP contribution in [0.1, 0.15) is 10.4 Å². The second-order valence-electron chi connectivity index (χ2n) is 5.72. The molecule has 0 fully saturated rings. The lowest BCUT2D eigenvalue weighted by Crippen LogP contribution is -2.15. The number of hydrogen-bond acceptors (Lipinski definition) is 3. The molecular formula is C19H13FN4O2. The second-order valence-corrected chi connectivity index (χ2v) is 5.72. The fraction of sp³-hybridized carbons (Fsp3) is 0. The SMILES string of the molecule is O=C(Nc1ccc2nc(-c3cccc(F)c3)[nH]c2c1)c1cc[nH]c(=O)c1. The number of H-pyrrole nitrogens is 2. The van der Waals surface area contributed by atoms with Crippen molar-refractivity contribution in [3.63, 3.8) is 0 Å². The quantitative estimate of drug-likeness (QED) is 0.530. The van der Waals surface area contributed by atoms with Gasteiger partial charge in [-0.2, -0.15) is 0 Å². The Balaban J connectivity index is 1.63. The van der Waals surface area contributed by atoms with Gasteiger partial charge in [0.15, 0.2) is 0 Å². The molecule has 0 spiro atoms. The summed E-state index contributed by atoms with van der Waals surface area (Å²) in [7, 11) is 0. The number of amides is 1. The van der Waals surface area contributed by atoms with Crippen molar-refractivity contribution in [3.8, 4) is 11.4 Å². The number of anilines is 1. The van der Waals surface area contributed by atoms with Gasteiger partial charge < -0.3 is 15.3 Å². The lowest BCUT2D eigenvalue weighted by molar-refractivity contribution is 0.102. The molecule has 4 rings (SSSR count). The van der Waals surface area contributed by atoms with Crippen LogP contribution in [0.4, 0.5) is 10.1 Å². The van der Waals surface area contributed by atoms with Crippen molar-refractivity contribution in [2.75, 3.05) is 5.32 Å². The van der Waals surface area contributed by atoms with Crippen molar-refractivity contribution in [1.82, 2.24) is 15.0 Å². The first kappa shape index (κ1) is 15.8. The average Bonchev–Trinajstić information content (AvgIpc) is 3.05. The number of aromatic amines is 2. The zero-order valence-electron chi connectivity index (χ0n) is 13.4. The highest BCUT2D eigenvalue weighted by Crippen LogP contribution is 2.23. The molecule has 7 heteroatoms. The van der Waals surface area contributed by atoms with Gasteiger partial charge in [-0.3, -0.25) is 9.59 Å². The highest BCUT2D eigenvalue weighted by molar-refractivity contribution is 6.04. The summed E-state index contributed by atoms with van der Waals surface area (Å²) in [4.78, 5) is 33.6. The van der Waals surface area contributed by atoms with Gasteiger partial charge in [-0.05, 0) is 36.4 Å². The molecule has 0 radical (unpaired) electrons. The summed E-state index contributed by atoms with van der Waals surface area (Å²) in [5.41, 5.74) is 2.50. The summed E-state index contributed by atoms with van der Waals surface area (Å²) in [6.07, 6.45) is 1.42. The monoisotopic (exact) mass is 348 g/mol. The van der Waals surface area contributed by atoms with Crippen LogP contribution in [0.15, 0.2) is 65.6 Å². The third-order valence-corrected chi connectivity index (χ3v) is 3.88. The van der Waals surface area contributed by atoms with Gasteiger partial charge in [-0.15, -0.1) is 0 Å². The smallest absolute Gasteiger partial charge is 0.255 e. The lowest BCUT2D eigenvalue weighted by atomic mass is 10.2. The minimum atomic E-state index is -0.389. The molecular weight excluding hydrogens is 335 g/mol. The van der Waals surface area contributed by atoms with Gasteiger partial charge in [0.1, 0.15) is 11.6 Å². The molecule has 1 amide bonds. The van der Waals surface area contributed by atoms with Crippen molar-refractivity contribution < 1.29 is 9.18 Å². The number of nitrogens with zero attached hydrogens (tertiary/aromatic N) is 1. The van der Waals surface area contributed by atoms with Crippen molar-refractivity contribution in [2.24, 2.45) is 0 Å². The van der Waals surface area contributed by atoms with Gasteiger partial charge in [0.2, 0.25) is 5.56 Å². The molecule has 2 heterocycles. The Hall–Kier alpha value is -3.74. The van der Waals surface area contributed by atoms with Crippen LogP contribution >= 0.6 is 0 Å². The van der Waals surface area contributed by atoms with E-state index in [1.807, 2.05) is 0 Å². The molecule has 0 bridgehead atoms. The number of pyridine rings is 1. The Morgan fingerprint density at radius 2 is 1.96 bits per heavy atom. The zero-order valence-corrected chi connectivity index (χ0v) is 13.4. The Kier molecular flexibility index (Phi) is 3.81. The van der Waals surface area contributed by atoms with Crippen LogP contribution in [0, 0.1) is 5.82 Å². The number of halogens is 1. The van der Waals surface area contributed by atoms with E-state index in [1.165, 1.54) is 30.5 Å². The van der Waals surface area contributed by atoms with Gasteiger partial charge in [0.05, 0.1) is 11.0 Å². The van der Waals surface area contributed by atoms with E-state index in [4.69, 9.17) is 0 Å². The minimum Gasteiger partial charge on any atom is -0.338 e. The van der Waals surface area contributed by atoms with E-state index in [2.05, 4.69) is 20.3 Å². The van der Waals surface area contributed by atoms with Gasteiger partial charge >= 0.3 is 0 Å². The van der Waals surface area contributed by atoms with Crippen molar-refractivity contribution in [2.45, 2.75) is 0 Å². The molecule has 6 nitrogen and oxygen atoms in total. The molecule has 0 aliphatic rings. The van der Waals surface area contributed by atoms with E-state index in [9.17, 15) is 14.0 Å². The third kappa shape index (κ3) is 3.10. The number of hydrogen-bond donors (Lipinski definition) is 3. The van der Waals surface area contributed by atoms with E-state index in [-0.39, 0.29) is 22.8 Å². The minimum absolute atomic E-state index is 0.263. The molecule has 3 N–H and O–H groups in total. The summed E-state index contributed by atoms with van der Waals surface area (Å²) in [5.74, 6) is -0.188. The van der Waals surface area contributed by atoms with Crippen LogP contribution in [-0.4, -0.2) is 20.9 Å². The highest BCUT2D eigenvalue weighted by atomic mass is 19.1. The van der Waals surface area contributed by atoms with Crippen LogP contribution in [0.2, 0.25) is 0 Å². The van der Waals surface area contributed by atoms with E-state index in [0.29, 0.717) is 28.1 Å². The largest absolute Gasteiger partial charge is 0.338 e. The van der Waals surface area contributed by atoms with Gasteiger partial charge in [-0.1, -0.05) is 12.1 Å². The average molecular weight is 348 g/mol. The first-order valence-electron chi connectivity index (χ1n) is 7.84. The summed E-state index contributed by atoms with van der Waals surface area (Å²) >= 11 is 0. The van der Waals surface area contributed by atoms with E-state index in [1.54, 1.807) is 30.3 Å². The second kappa shape index (κ2) is 6.29. The van der Waals surface area contributed by atoms with Crippen molar-refractivity contribution in [3.05, 3.63) is 82.5 Å². The fourth-order valence-corrected chi connectivity index (χ4v) is 2.65. The highest BCUT2D eigenvalue weighted by Gasteiger charge is 2.10. The van der Waals surface area contributed by atoms with Crippen LogP contribution in [0.5, 0.6) is 0 Å². The maximum Gasteiger partial charge on any atom is 0.255 e. The predicted octanol–water partition coefficient (Wildman–Crippen LogP) is 3.31. The van der Waals surface area contributed by atoms with Crippen molar-refractivity contribution in [1.29, 1.82) is 0 Å². The molecule has 2 aromatic heterocycles. The molecule has 0 saturated heterocycles. The topological polar surface area (TPSA) is 90.6 Å². The summed E-state index contributed by atoms with van der Waals surface area (Å²) in [6, 6.07) is 14.1. The molecule has 0 unspecified atom stereocenters. The fourth-order valence-electron chi connectivity index (χ4n) is 2.65. The number of rotatable bonds is 3. The first-order valence-corrected chi connectivity index (χ1v) is 7.84. The Labute approximate surface area is 146 Å². The molecule has 2 aromatic carbocycles. The molecule has 4 aromatic rings. The molecule has 26 heavy (non-hydrogen) atoms. The first-order chi connectivity index (χ1) is 12.6. The maximum absolute atomic E-state index is 13.4. The Bertz CT molecular complexity index is 1180. The Morgan fingerprint density at radius 1 is 1.08 bits per heavy atom. The number of carbonyl (C=O) groups is 1. The van der Waals surface area contributed by atoms with E-state index < -0.39 is 0 Å². The van der Waals surface area contributed by atoms with Gasteiger partial charge in [0, 0.05) is 29.1 Å². The molecule has 0 saturated carbocycles. The van der Waals surface area contributed by atoms with Crippen molar-refractivity contribution >= 4 is 22.6 Å². The van der Waals surface area contributed by atoms with Crippen LogP contribution in [0.25, 0.3) is 22.4 Å². The molecule has 0 atom stereocenters. The molecule has 128 valence electrons. The number of imidazole rings is 1.